The van der Waals surface area contributed by atoms with Gasteiger partial charge < -0.3 is 14.3 Å². The molecule has 1 heterocycles. The Morgan fingerprint density at radius 3 is 2.89 bits per heavy atom. The summed E-state index contributed by atoms with van der Waals surface area (Å²) in [4.78, 5) is 2.15. The number of allylic oxidation sites excluding steroid dienone is 1. The highest BCUT2D eigenvalue weighted by molar-refractivity contribution is 5.05. The topological polar surface area (TPSA) is 45.8 Å². The zero-order chi connectivity index (χ0) is 14.1. The van der Waals surface area contributed by atoms with Crippen LogP contribution >= 0.6 is 0 Å². The van der Waals surface area contributed by atoms with Gasteiger partial charge in [0.1, 0.15) is 11.5 Å². The predicted octanol–water partition coefficient (Wildman–Crippen LogP) is 2.36. The SMILES string of the molecule is C=CCC[C@H](O)CN(CCOC)Cc1ccc(C)o1. The molecule has 108 valence electrons. The zero-order valence-electron chi connectivity index (χ0n) is 12.0. The maximum Gasteiger partial charge on any atom is 0.118 e. The van der Waals surface area contributed by atoms with Gasteiger partial charge in [-0.3, -0.25) is 4.90 Å². The summed E-state index contributed by atoms with van der Waals surface area (Å²) in [6.45, 7) is 8.35. The summed E-state index contributed by atoms with van der Waals surface area (Å²) in [5, 5.41) is 9.97. The number of aliphatic hydroxyl groups is 1. The summed E-state index contributed by atoms with van der Waals surface area (Å²) < 4.78 is 10.7. The smallest absolute Gasteiger partial charge is 0.118 e. The first-order valence-electron chi connectivity index (χ1n) is 6.71. The van der Waals surface area contributed by atoms with E-state index in [1.807, 2.05) is 25.1 Å². The van der Waals surface area contributed by atoms with E-state index in [9.17, 15) is 5.11 Å². The number of furan rings is 1. The Bertz CT molecular complexity index is 362. The molecule has 1 N–H and O–H groups in total. The van der Waals surface area contributed by atoms with Crippen molar-refractivity contribution in [2.45, 2.75) is 32.4 Å². The van der Waals surface area contributed by atoms with Crippen LogP contribution in [-0.2, 0) is 11.3 Å². The highest BCUT2D eigenvalue weighted by atomic mass is 16.5. The van der Waals surface area contributed by atoms with Gasteiger partial charge in [0.2, 0.25) is 0 Å². The minimum Gasteiger partial charge on any atom is -0.465 e. The highest BCUT2D eigenvalue weighted by Gasteiger charge is 2.13. The monoisotopic (exact) mass is 267 g/mol. The molecule has 0 saturated heterocycles. The van der Waals surface area contributed by atoms with Gasteiger partial charge in [-0.25, -0.2) is 0 Å². The number of nitrogens with zero attached hydrogens (tertiary/aromatic N) is 1. The number of hydrogen-bond donors (Lipinski definition) is 1. The molecule has 0 aliphatic carbocycles. The van der Waals surface area contributed by atoms with Crippen molar-refractivity contribution in [2.75, 3.05) is 26.8 Å². The lowest BCUT2D eigenvalue weighted by molar-refractivity contribution is 0.0772. The summed E-state index contributed by atoms with van der Waals surface area (Å²) in [5.74, 6) is 1.83. The van der Waals surface area contributed by atoms with Gasteiger partial charge in [0.25, 0.3) is 0 Å². The van der Waals surface area contributed by atoms with Gasteiger partial charge in [-0.1, -0.05) is 6.08 Å². The zero-order valence-corrected chi connectivity index (χ0v) is 12.0. The van der Waals surface area contributed by atoms with Crippen LogP contribution in [0.25, 0.3) is 0 Å². The third-order valence-electron chi connectivity index (χ3n) is 2.96. The van der Waals surface area contributed by atoms with Crippen molar-refractivity contribution < 1.29 is 14.3 Å². The highest BCUT2D eigenvalue weighted by Crippen LogP contribution is 2.11. The van der Waals surface area contributed by atoms with Crippen molar-refractivity contribution in [1.82, 2.24) is 4.90 Å². The molecular formula is C15H25NO3. The second-order valence-electron chi connectivity index (χ2n) is 4.76. The van der Waals surface area contributed by atoms with Gasteiger partial charge in [-0.15, -0.1) is 6.58 Å². The lowest BCUT2D eigenvalue weighted by Gasteiger charge is -2.23. The molecule has 0 fully saturated rings. The molecule has 4 heteroatoms. The van der Waals surface area contributed by atoms with Gasteiger partial charge in [0.15, 0.2) is 0 Å². The van der Waals surface area contributed by atoms with E-state index < -0.39 is 0 Å². The maximum absolute atomic E-state index is 9.97. The minimum absolute atomic E-state index is 0.342. The summed E-state index contributed by atoms with van der Waals surface area (Å²) in [7, 11) is 1.68. The van der Waals surface area contributed by atoms with Gasteiger partial charge in [-0.05, 0) is 31.9 Å². The predicted molar refractivity (Wildman–Crippen MR) is 76.0 cm³/mol. The van der Waals surface area contributed by atoms with E-state index in [0.29, 0.717) is 19.7 Å². The van der Waals surface area contributed by atoms with Crippen LogP contribution in [-0.4, -0.2) is 42.9 Å². The summed E-state index contributed by atoms with van der Waals surface area (Å²) >= 11 is 0. The summed E-state index contributed by atoms with van der Waals surface area (Å²) in [6, 6.07) is 3.93. The van der Waals surface area contributed by atoms with E-state index in [1.165, 1.54) is 0 Å². The third-order valence-corrected chi connectivity index (χ3v) is 2.96. The molecule has 0 aliphatic rings. The molecule has 0 radical (unpaired) electrons. The van der Waals surface area contributed by atoms with Crippen LogP contribution in [0.1, 0.15) is 24.4 Å². The van der Waals surface area contributed by atoms with E-state index in [1.54, 1.807) is 7.11 Å². The van der Waals surface area contributed by atoms with E-state index in [4.69, 9.17) is 9.15 Å². The normalized spacial score (nSPS) is 12.8. The number of ether oxygens (including phenoxy) is 1. The average Bonchev–Trinajstić information content (AvgIpc) is 2.79. The van der Waals surface area contributed by atoms with Gasteiger partial charge in [-0.2, -0.15) is 0 Å². The van der Waals surface area contributed by atoms with E-state index >= 15 is 0 Å². The standard InChI is InChI=1S/C15H25NO3/c1-4-5-6-14(17)11-16(9-10-18-3)12-15-8-7-13(2)19-15/h4,7-8,14,17H,1,5-6,9-12H2,2-3H3/t14-/m0/s1. The minimum atomic E-state index is -0.342. The fraction of sp³-hybridized carbons (Fsp3) is 0.600. The van der Waals surface area contributed by atoms with Crippen LogP contribution in [0.2, 0.25) is 0 Å². The van der Waals surface area contributed by atoms with Crippen molar-refractivity contribution in [3.63, 3.8) is 0 Å². The van der Waals surface area contributed by atoms with Crippen molar-refractivity contribution in [1.29, 1.82) is 0 Å². The van der Waals surface area contributed by atoms with Crippen LogP contribution < -0.4 is 0 Å². The lowest BCUT2D eigenvalue weighted by atomic mass is 10.2. The van der Waals surface area contributed by atoms with Crippen LogP contribution in [0, 0.1) is 6.92 Å². The van der Waals surface area contributed by atoms with Crippen molar-refractivity contribution in [3.05, 3.63) is 36.3 Å². The Labute approximate surface area is 115 Å². The Balaban J connectivity index is 2.48. The molecule has 1 rings (SSSR count). The largest absolute Gasteiger partial charge is 0.465 e. The first-order chi connectivity index (χ1) is 9.15. The number of aliphatic hydroxyl groups excluding tert-OH is 1. The molecule has 4 nitrogen and oxygen atoms in total. The Morgan fingerprint density at radius 2 is 2.32 bits per heavy atom. The molecular weight excluding hydrogens is 242 g/mol. The number of methoxy groups -OCH3 is 1. The molecule has 0 aromatic carbocycles. The van der Waals surface area contributed by atoms with Gasteiger partial charge in [0, 0.05) is 20.2 Å². The second-order valence-corrected chi connectivity index (χ2v) is 4.76. The molecule has 0 saturated carbocycles. The Hall–Kier alpha value is -1.10. The molecule has 0 unspecified atom stereocenters. The van der Waals surface area contributed by atoms with Crippen LogP contribution in [0.5, 0.6) is 0 Å². The van der Waals surface area contributed by atoms with E-state index in [0.717, 1.165) is 30.9 Å². The first-order valence-corrected chi connectivity index (χ1v) is 6.71. The number of hydrogen-bond acceptors (Lipinski definition) is 4. The van der Waals surface area contributed by atoms with Gasteiger partial charge in [0.05, 0.1) is 19.3 Å². The van der Waals surface area contributed by atoms with E-state index in [-0.39, 0.29) is 6.10 Å². The number of rotatable bonds is 10. The molecule has 19 heavy (non-hydrogen) atoms. The second kappa shape index (κ2) is 8.91. The van der Waals surface area contributed by atoms with Crippen molar-refractivity contribution in [3.8, 4) is 0 Å². The lowest BCUT2D eigenvalue weighted by Crippen LogP contribution is -2.34. The fourth-order valence-electron chi connectivity index (χ4n) is 1.95. The van der Waals surface area contributed by atoms with Crippen molar-refractivity contribution >= 4 is 0 Å². The first kappa shape index (κ1) is 16.0. The fourth-order valence-corrected chi connectivity index (χ4v) is 1.95. The summed E-state index contributed by atoms with van der Waals surface area (Å²) in [5.41, 5.74) is 0. The van der Waals surface area contributed by atoms with Crippen LogP contribution in [0.4, 0.5) is 0 Å². The van der Waals surface area contributed by atoms with E-state index in [2.05, 4.69) is 11.5 Å². The molecule has 0 bridgehead atoms. The summed E-state index contributed by atoms with van der Waals surface area (Å²) in [6.07, 6.45) is 3.06. The Kier molecular flexibility index (Phi) is 7.48. The third kappa shape index (κ3) is 6.57. The molecule has 1 atom stereocenters. The van der Waals surface area contributed by atoms with Crippen LogP contribution in [0.15, 0.2) is 29.2 Å². The average molecular weight is 267 g/mol. The molecule has 1 aromatic rings. The molecule has 0 amide bonds. The molecule has 0 spiro atoms. The quantitative estimate of drug-likeness (QED) is 0.661. The maximum atomic E-state index is 9.97. The molecule has 1 aromatic heterocycles. The Morgan fingerprint density at radius 1 is 1.53 bits per heavy atom. The van der Waals surface area contributed by atoms with Gasteiger partial charge >= 0.3 is 0 Å². The number of aryl methyl sites for hydroxylation is 1. The van der Waals surface area contributed by atoms with Crippen LogP contribution in [0.3, 0.4) is 0 Å². The molecule has 0 aliphatic heterocycles. The van der Waals surface area contributed by atoms with Crippen molar-refractivity contribution in [2.24, 2.45) is 0 Å².